The Labute approximate surface area is 297 Å². The number of piperidine rings is 2. The van der Waals surface area contributed by atoms with Gasteiger partial charge in [0.1, 0.15) is 23.5 Å². The largest absolute Gasteiger partial charge is 0.489 e. The molecule has 2 aromatic carbocycles. The number of amides is 2. The number of halogens is 1. The predicted octanol–water partition coefficient (Wildman–Crippen LogP) is 7.42. The molecule has 0 aromatic heterocycles. The Hall–Kier alpha value is -3.32. The minimum atomic E-state index is -0.475. The molecule has 1 saturated carbocycles. The zero-order valence-electron chi connectivity index (χ0n) is 30.2. The SMILES string of the molecule is CC(C)(C)OC(=O)N1CCC(OCCN2CCC(c3ccc(C(=O)N[C@H]4C(C)(C)[C@H](Oc5ccc(C#N)c(Cl)c5)C4(C)C)cc3)CC2)CC1. The third-order valence-corrected chi connectivity index (χ3v) is 10.8. The van der Waals surface area contributed by atoms with Gasteiger partial charge in [0.05, 0.1) is 23.3 Å². The first-order valence-electron chi connectivity index (χ1n) is 17.7. The first-order valence-corrected chi connectivity index (χ1v) is 18.1. The maximum Gasteiger partial charge on any atom is 0.410 e. The summed E-state index contributed by atoms with van der Waals surface area (Å²) in [7, 11) is 0. The molecule has 0 spiro atoms. The third kappa shape index (κ3) is 8.71. The number of ether oxygens (including phenoxy) is 3. The van der Waals surface area contributed by atoms with E-state index in [0.717, 1.165) is 45.3 Å². The van der Waals surface area contributed by atoms with E-state index in [1.165, 1.54) is 5.56 Å². The highest BCUT2D eigenvalue weighted by molar-refractivity contribution is 6.31. The van der Waals surface area contributed by atoms with Gasteiger partial charge in [0, 0.05) is 48.1 Å². The van der Waals surface area contributed by atoms with E-state index in [4.69, 9.17) is 25.8 Å². The number of hydrogen-bond donors (Lipinski definition) is 1. The van der Waals surface area contributed by atoms with Crippen LogP contribution in [0.15, 0.2) is 42.5 Å². The Morgan fingerprint density at radius 1 is 0.959 bits per heavy atom. The fourth-order valence-electron chi connectivity index (χ4n) is 8.09. The van der Waals surface area contributed by atoms with Crippen LogP contribution in [-0.2, 0) is 9.47 Å². The summed E-state index contributed by atoms with van der Waals surface area (Å²) < 4.78 is 18.1. The molecule has 2 aliphatic heterocycles. The van der Waals surface area contributed by atoms with Gasteiger partial charge in [-0.15, -0.1) is 0 Å². The summed E-state index contributed by atoms with van der Waals surface area (Å²) in [5, 5.41) is 12.8. The topological polar surface area (TPSA) is 104 Å². The van der Waals surface area contributed by atoms with E-state index in [-0.39, 0.29) is 41.1 Å². The number of carbonyl (C=O) groups excluding carboxylic acids is 2. The van der Waals surface area contributed by atoms with E-state index in [1.54, 1.807) is 23.1 Å². The Morgan fingerprint density at radius 2 is 1.59 bits per heavy atom. The zero-order valence-corrected chi connectivity index (χ0v) is 30.9. The van der Waals surface area contributed by atoms with E-state index >= 15 is 0 Å². The molecular formula is C39H53ClN4O5. The van der Waals surface area contributed by atoms with Crippen molar-refractivity contribution in [1.29, 1.82) is 5.26 Å². The molecule has 2 heterocycles. The van der Waals surface area contributed by atoms with Crippen LogP contribution in [0.4, 0.5) is 4.79 Å². The Bertz CT molecular complexity index is 1500. The van der Waals surface area contributed by atoms with Gasteiger partial charge in [0.15, 0.2) is 0 Å². The van der Waals surface area contributed by atoms with Gasteiger partial charge in [-0.2, -0.15) is 5.26 Å². The molecule has 0 bridgehead atoms. The van der Waals surface area contributed by atoms with Crippen molar-refractivity contribution in [3.05, 3.63) is 64.2 Å². The van der Waals surface area contributed by atoms with Crippen LogP contribution in [0.2, 0.25) is 5.02 Å². The van der Waals surface area contributed by atoms with Crippen molar-refractivity contribution in [1.82, 2.24) is 15.1 Å². The van der Waals surface area contributed by atoms with E-state index < -0.39 is 5.60 Å². The fraction of sp³-hybridized carbons (Fsp3) is 0.615. The molecule has 2 saturated heterocycles. The number of carbonyl (C=O) groups is 2. The maximum absolute atomic E-state index is 13.4. The molecule has 9 nitrogen and oxygen atoms in total. The molecule has 10 heteroatoms. The first kappa shape index (κ1) is 36.9. The van der Waals surface area contributed by atoms with E-state index in [0.29, 0.717) is 47.5 Å². The lowest BCUT2D eigenvalue weighted by atomic mass is 9.49. The number of nitrogens with one attached hydrogen (secondary N) is 1. The van der Waals surface area contributed by atoms with Crippen molar-refractivity contribution in [2.75, 3.05) is 39.3 Å². The van der Waals surface area contributed by atoms with Crippen molar-refractivity contribution in [2.24, 2.45) is 10.8 Å². The van der Waals surface area contributed by atoms with Gasteiger partial charge in [0.25, 0.3) is 5.91 Å². The highest BCUT2D eigenvalue weighted by Gasteiger charge is 2.64. The summed E-state index contributed by atoms with van der Waals surface area (Å²) in [6, 6.07) is 15.2. The highest BCUT2D eigenvalue weighted by Crippen LogP contribution is 2.55. The van der Waals surface area contributed by atoms with Crippen LogP contribution in [0.1, 0.15) is 102 Å². The molecule has 0 radical (unpaired) electrons. The fourth-order valence-corrected chi connectivity index (χ4v) is 8.30. The van der Waals surface area contributed by atoms with Crippen LogP contribution in [0.25, 0.3) is 0 Å². The Morgan fingerprint density at radius 3 is 2.16 bits per heavy atom. The molecule has 49 heavy (non-hydrogen) atoms. The van der Waals surface area contributed by atoms with Gasteiger partial charge in [-0.05, 0) is 95.3 Å². The van der Waals surface area contributed by atoms with E-state index in [2.05, 4.69) is 56.1 Å². The second-order valence-corrected chi connectivity index (χ2v) is 16.5. The Kier molecular flexibility index (Phi) is 11.2. The highest BCUT2D eigenvalue weighted by atomic mass is 35.5. The summed E-state index contributed by atoms with van der Waals surface area (Å²) in [6.07, 6.45) is 3.65. The standard InChI is InChI=1S/C39H53ClN4O5/c1-37(2,3)49-36(46)44-20-16-30(17-21-44)47-23-22-43-18-14-27(15-19-43)26-8-10-28(11-9-26)33(45)42-34-38(4,5)35(39(34,6)7)48-31-13-12-29(25-41)32(40)24-31/h8-13,24,27,30,34-35H,14-23H2,1-7H3,(H,42,45)/t34-,35-. The summed E-state index contributed by atoms with van der Waals surface area (Å²) >= 11 is 6.24. The summed E-state index contributed by atoms with van der Waals surface area (Å²) in [5.74, 6) is 1.01. The molecule has 3 aliphatic rings. The van der Waals surface area contributed by atoms with Gasteiger partial charge >= 0.3 is 6.09 Å². The van der Waals surface area contributed by atoms with Crippen LogP contribution in [-0.4, -0.2) is 85.0 Å². The van der Waals surface area contributed by atoms with Gasteiger partial charge in [-0.3, -0.25) is 4.79 Å². The Balaban J connectivity index is 1.03. The molecule has 5 rings (SSSR count). The van der Waals surface area contributed by atoms with Crippen LogP contribution in [0.3, 0.4) is 0 Å². The molecule has 1 N–H and O–H groups in total. The van der Waals surface area contributed by atoms with Crippen LogP contribution < -0.4 is 10.1 Å². The number of benzene rings is 2. The minimum absolute atomic E-state index is 0.0806. The van der Waals surface area contributed by atoms with E-state index in [1.807, 2.05) is 32.9 Å². The van der Waals surface area contributed by atoms with Crippen molar-refractivity contribution in [3.63, 3.8) is 0 Å². The summed E-state index contributed by atoms with van der Waals surface area (Å²) in [5.41, 5.74) is 1.23. The van der Waals surface area contributed by atoms with Gasteiger partial charge in [-0.25, -0.2) is 4.79 Å². The summed E-state index contributed by atoms with van der Waals surface area (Å²) in [6.45, 7) is 19.1. The number of nitriles is 1. The predicted molar refractivity (Wildman–Crippen MR) is 191 cm³/mol. The molecule has 0 atom stereocenters. The van der Waals surface area contributed by atoms with Crippen molar-refractivity contribution in [2.45, 2.75) is 104 Å². The third-order valence-electron chi connectivity index (χ3n) is 10.5. The molecule has 3 fully saturated rings. The minimum Gasteiger partial charge on any atom is -0.489 e. The van der Waals surface area contributed by atoms with Crippen molar-refractivity contribution >= 4 is 23.6 Å². The second-order valence-electron chi connectivity index (χ2n) is 16.1. The number of rotatable bonds is 9. The number of hydrogen-bond acceptors (Lipinski definition) is 7. The van der Waals surface area contributed by atoms with Gasteiger partial charge in [0.2, 0.25) is 0 Å². The van der Waals surface area contributed by atoms with Gasteiger partial charge in [-0.1, -0.05) is 51.4 Å². The monoisotopic (exact) mass is 692 g/mol. The lowest BCUT2D eigenvalue weighted by Crippen LogP contribution is -2.74. The normalized spacial score (nSPS) is 22.9. The molecule has 266 valence electrons. The van der Waals surface area contributed by atoms with Crippen LogP contribution >= 0.6 is 11.6 Å². The molecule has 0 unspecified atom stereocenters. The average molecular weight is 693 g/mol. The van der Waals surface area contributed by atoms with Crippen LogP contribution in [0.5, 0.6) is 5.75 Å². The zero-order chi connectivity index (χ0) is 35.6. The number of nitrogens with zero attached hydrogens (tertiary/aromatic N) is 3. The average Bonchev–Trinajstić information content (AvgIpc) is 3.06. The smallest absolute Gasteiger partial charge is 0.410 e. The quantitative estimate of drug-likeness (QED) is 0.292. The lowest BCUT2D eigenvalue weighted by Gasteiger charge is -2.63. The second kappa shape index (κ2) is 14.9. The van der Waals surface area contributed by atoms with Crippen LogP contribution in [0, 0.1) is 22.2 Å². The number of likely N-dealkylation sites (tertiary alicyclic amines) is 2. The van der Waals surface area contributed by atoms with Crippen molar-refractivity contribution < 1.29 is 23.8 Å². The van der Waals surface area contributed by atoms with E-state index in [9.17, 15) is 14.9 Å². The molecule has 2 amide bonds. The first-order chi connectivity index (χ1) is 23.1. The summed E-state index contributed by atoms with van der Waals surface area (Å²) in [4.78, 5) is 30.0. The lowest BCUT2D eigenvalue weighted by molar-refractivity contribution is -0.164. The molecular weight excluding hydrogens is 640 g/mol. The molecule has 1 aliphatic carbocycles. The maximum atomic E-state index is 13.4. The van der Waals surface area contributed by atoms with Crippen molar-refractivity contribution in [3.8, 4) is 11.8 Å². The molecule has 2 aromatic rings. The van der Waals surface area contributed by atoms with Gasteiger partial charge < -0.3 is 29.3 Å².